The zero-order valence-corrected chi connectivity index (χ0v) is 11.8. The summed E-state index contributed by atoms with van der Waals surface area (Å²) in [4.78, 5) is 4.35. The lowest BCUT2D eigenvalue weighted by molar-refractivity contribution is 0.309. The van der Waals surface area contributed by atoms with Gasteiger partial charge < -0.3 is 15.0 Å². The van der Waals surface area contributed by atoms with E-state index in [-0.39, 0.29) is 0 Å². The zero-order chi connectivity index (χ0) is 14.2. The third-order valence-corrected chi connectivity index (χ3v) is 2.94. The monoisotopic (exact) mass is 275 g/mol. The van der Waals surface area contributed by atoms with Gasteiger partial charge in [-0.15, -0.1) is 0 Å². The molecule has 108 valence electrons. The average molecular weight is 275 g/mol. The van der Waals surface area contributed by atoms with Crippen LogP contribution in [0.3, 0.4) is 0 Å². The summed E-state index contributed by atoms with van der Waals surface area (Å²) in [5, 5.41) is 3.94. The first-order valence-electron chi connectivity index (χ1n) is 7.09. The molecule has 5 nitrogen and oxygen atoms in total. The Hall–Kier alpha value is -1.88. The fourth-order valence-corrected chi connectivity index (χ4v) is 1.76. The van der Waals surface area contributed by atoms with E-state index in [1.165, 1.54) is 0 Å². The fourth-order valence-electron chi connectivity index (χ4n) is 1.76. The van der Waals surface area contributed by atoms with E-state index in [2.05, 4.69) is 17.1 Å². The number of nitrogens with two attached hydrogens (primary N) is 1. The van der Waals surface area contributed by atoms with Crippen molar-refractivity contribution >= 4 is 0 Å². The van der Waals surface area contributed by atoms with E-state index >= 15 is 0 Å². The standard InChI is InChI=1S/C15H21N3O2/c1-2-3-11-19-13-8-6-12(7-9-13)15-17-14(18-20-15)5-4-10-16/h6-9H,2-5,10-11,16H2,1H3. The van der Waals surface area contributed by atoms with Gasteiger partial charge in [0.25, 0.3) is 5.89 Å². The molecule has 0 aliphatic heterocycles. The normalized spacial score (nSPS) is 10.7. The summed E-state index contributed by atoms with van der Waals surface area (Å²) in [5.74, 6) is 2.11. The molecule has 0 bridgehead atoms. The van der Waals surface area contributed by atoms with Gasteiger partial charge in [-0.3, -0.25) is 0 Å². The fraction of sp³-hybridized carbons (Fsp3) is 0.467. The summed E-state index contributed by atoms with van der Waals surface area (Å²) in [7, 11) is 0. The first-order valence-corrected chi connectivity index (χ1v) is 7.09. The van der Waals surface area contributed by atoms with Crippen molar-refractivity contribution in [2.45, 2.75) is 32.6 Å². The van der Waals surface area contributed by atoms with Gasteiger partial charge in [0, 0.05) is 12.0 Å². The minimum atomic E-state index is 0.539. The number of benzene rings is 1. The summed E-state index contributed by atoms with van der Waals surface area (Å²) in [6, 6.07) is 7.71. The summed E-state index contributed by atoms with van der Waals surface area (Å²) in [6.45, 7) is 3.53. The highest BCUT2D eigenvalue weighted by Gasteiger charge is 2.08. The van der Waals surface area contributed by atoms with Gasteiger partial charge in [-0.2, -0.15) is 4.98 Å². The van der Waals surface area contributed by atoms with E-state index in [9.17, 15) is 0 Å². The van der Waals surface area contributed by atoms with Gasteiger partial charge in [0.1, 0.15) is 5.75 Å². The molecular formula is C15H21N3O2. The van der Waals surface area contributed by atoms with E-state index in [0.29, 0.717) is 18.3 Å². The smallest absolute Gasteiger partial charge is 0.257 e. The Labute approximate surface area is 119 Å². The lowest BCUT2D eigenvalue weighted by atomic mass is 10.2. The van der Waals surface area contributed by atoms with Crippen LogP contribution in [-0.2, 0) is 6.42 Å². The molecular weight excluding hydrogens is 254 g/mol. The lowest BCUT2D eigenvalue weighted by Crippen LogP contribution is -2.01. The van der Waals surface area contributed by atoms with E-state index in [1.54, 1.807) is 0 Å². The lowest BCUT2D eigenvalue weighted by Gasteiger charge is -2.04. The van der Waals surface area contributed by atoms with Crippen molar-refractivity contribution in [1.29, 1.82) is 0 Å². The third-order valence-electron chi connectivity index (χ3n) is 2.94. The van der Waals surface area contributed by atoms with E-state index in [0.717, 1.165) is 43.6 Å². The maximum absolute atomic E-state index is 5.62. The zero-order valence-electron chi connectivity index (χ0n) is 11.8. The number of hydrogen-bond acceptors (Lipinski definition) is 5. The number of aryl methyl sites for hydroxylation is 1. The Morgan fingerprint density at radius 1 is 1.20 bits per heavy atom. The SMILES string of the molecule is CCCCOc1ccc(-c2nc(CCCN)no2)cc1. The van der Waals surface area contributed by atoms with Crippen LogP contribution in [0.15, 0.2) is 28.8 Å². The van der Waals surface area contributed by atoms with Crippen LogP contribution in [0.4, 0.5) is 0 Å². The summed E-state index contributed by atoms with van der Waals surface area (Å²) in [6.07, 6.45) is 3.81. The highest BCUT2D eigenvalue weighted by Crippen LogP contribution is 2.21. The minimum absolute atomic E-state index is 0.539. The second-order valence-electron chi connectivity index (χ2n) is 4.63. The van der Waals surface area contributed by atoms with Gasteiger partial charge in [-0.05, 0) is 43.7 Å². The van der Waals surface area contributed by atoms with E-state index < -0.39 is 0 Å². The number of nitrogens with zero attached hydrogens (tertiary/aromatic N) is 2. The molecule has 1 aromatic heterocycles. The van der Waals surface area contributed by atoms with Crippen LogP contribution in [0, 0.1) is 0 Å². The quantitative estimate of drug-likeness (QED) is 0.750. The van der Waals surface area contributed by atoms with Crippen molar-refractivity contribution in [3.8, 4) is 17.2 Å². The predicted molar refractivity (Wildman–Crippen MR) is 77.5 cm³/mol. The number of aromatic nitrogens is 2. The van der Waals surface area contributed by atoms with Gasteiger partial charge in [-0.25, -0.2) is 0 Å². The van der Waals surface area contributed by atoms with Crippen LogP contribution >= 0.6 is 0 Å². The van der Waals surface area contributed by atoms with Crippen molar-refractivity contribution < 1.29 is 9.26 Å². The second kappa shape index (κ2) is 7.65. The number of ether oxygens (including phenoxy) is 1. The van der Waals surface area contributed by atoms with E-state index in [4.69, 9.17) is 15.0 Å². The number of hydrogen-bond donors (Lipinski definition) is 1. The molecule has 0 fully saturated rings. The number of unbranched alkanes of at least 4 members (excludes halogenated alkanes) is 1. The molecule has 1 aromatic carbocycles. The Balaban J connectivity index is 1.96. The average Bonchev–Trinajstić information content (AvgIpc) is 2.95. The van der Waals surface area contributed by atoms with Gasteiger partial charge in [0.2, 0.25) is 0 Å². The highest BCUT2D eigenvalue weighted by atomic mass is 16.5. The maximum Gasteiger partial charge on any atom is 0.257 e. The Kier molecular flexibility index (Phi) is 5.55. The van der Waals surface area contributed by atoms with Crippen molar-refractivity contribution in [2.24, 2.45) is 5.73 Å². The van der Waals surface area contributed by atoms with E-state index in [1.807, 2.05) is 24.3 Å². The molecule has 0 radical (unpaired) electrons. The molecule has 0 saturated heterocycles. The molecule has 2 N–H and O–H groups in total. The van der Waals surface area contributed by atoms with Crippen LogP contribution in [0.25, 0.3) is 11.5 Å². The maximum atomic E-state index is 5.62. The number of rotatable bonds is 8. The Bertz CT molecular complexity index is 508. The minimum Gasteiger partial charge on any atom is -0.494 e. The summed E-state index contributed by atoms with van der Waals surface area (Å²) < 4.78 is 10.9. The molecule has 2 aromatic rings. The molecule has 20 heavy (non-hydrogen) atoms. The molecule has 5 heteroatoms. The largest absolute Gasteiger partial charge is 0.494 e. The Morgan fingerprint density at radius 3 is 2.70 bits per heavy atom. The van der Waals surface area contributed by atoms with Crippen LogP contribution < -0.4 is 10.5 Å². The van der Waals surface area contributed by atoms with Gasteiger partial charge in [-0.1, -0.05) is 18.5 Å². The predicted octanol–water partition coefficient (Wildman–Crippen LogP) is 2.81. The summed E-state index contributed by atoms with van der Waals surface area (Å²) in [5.41, 5.74) is 6.36. The molecule has 0 amide bonds. The molecule has 1 heterocycles. The molecule has 0 atom stereocenters. The molecule has 0 aliphatic carbocycles. The van der Waals surface area contributed by atoms with Gasteiger partial charge >= 0.3 is 0 Å². The van der Waals surface area contributed by atoms with Crippen molar-refractivity contribution in [3.05, 3.63) is 30.1 Å². The second-order valence-corrected chi connectivity index (χ2v) is 4.63. The van der Waals surface area contributed by atoms with Gasteiger partial charge in [0.15, 0.2) is 5.82 Å². The summed E-state index contributed by atoms with van der Waals surface area (Å²) >= 11 is 0. The first kappa shape index (κ1) is 14.5. The van der Waals surface area contributed by atoms with Crippen molar-refractivity contribution in [1.82, 2.24) is 10.1 Å². The molecule has 2 rings (SSSR count). The highest BCUT2D eigenvalue weighted by molar-refractivity contribution is 5.54. The van der Waals surface area contributed by atoms with Gasteiger partial charge in [0.05, 0.1) is 6.61 Å². The van der Waals surface area contributed by atoms with Crippen LogP contribution in [0.2, 0.25) is 0 Å². The third kappa shape index (κ3) is 4.06. The molecule has 0 aliphatic rings. The molecule has 0 unspecified atom stereocenters. The van der Waals surface area contributed by atoms with Crippen LogP contribution in [-0.4, -0.2) is 23.3 Å². The topological polar surface area (TPSA) is 74.2 Å². The Morgan fingerprint density at radius 2 is 2.00 bits per heavy atom. The van der Waals surface area contributed by atoms with Crippen LogP contribution in [0.5, 0.6) is 5.75 Å². The van der Waals surface area contributed by atoms with Crippen molar-refractivity contribution in [3.63, 3.8) is 0 Å². The van der Waals surface area contributed by atoms with Crippen LogP contribution in [0.1, 0.15) is 32.0 Å². The first-order chi connectivity index (χ1) is 9.83. The molecule has 0 spiro atoms. The molecule has 0 saturated carbocycles. The van der Waals surface area contributed by atoms with Crippen molar-refractivity contribution in [2.75, 3.05) is 13.2 Å².